The molecule has 2 N–H and O–H groups in total. The minimum absolute atomic E-state index is 0.549. The number of allylic oxidation sites excluding steroid dienone is 2. The Labute approximate surface area is 138 Å². The van der Waals surface area contributed by atoms with Gasteiger partial charge in [0.05, 0.1) is 0 Å². The molecule has 0 aromatic carbocycles. The van der Waals surface area contributed by atoms with Gasteiger partial charge in [0.2, 0.25) is 0 Å². The molecule has 0 amide bonds. The molecule has 0 heterocycles. The van der Waals surface area contributed by atoms with Crippen molar-refractivity contribution in [3.63, 3.8) is 0 Å². The van der Waals surface area contributed by atoms with Gasteiger partial charge in [0.25, 0.3) is 0 Å². The van der Waals surface area contributed by atoms with Crippen molar-refractivity contribution < 1.29 is 4.74 Å². The van der Waals surface area contributed by atoms with E-state index in [9.17, 15) is 0 Å². The van der Waals surface area contributed by atoms with E-state index in [1.54, 1.807) is 0 Å². The van der Waals surface area contributed by atoms with Crippen LogP contribution in [-0.2, 0) is 4.74 Å². The van der Waals surface area contributed by atoms with Gasteiger partial charge in [-0.25, -0.2) is 0 Å². The summed E-state index contributed by atoms with van der Waals surface area (Å²) in [7, 11) is 0. The first-order valence-electron chi connectivity index (χ1n) is 9.54. The molecular formula is C20H37NO. The summed E-state index contributed by atoms with van der Waals surface area (Å²) >= 11 is 0. The molecule has 2 nitrogen and oxygen atoms in total. The molecule has 2 heteroatoms. The second-order valence-corrected chi connectivity index (χ2v) is 6.68. The molecule has 0 saturated heterocycles. The van der Waals surface area contributed by atoms with Crippen LogP contribution < -0.4 is 5.73 Å². The standard InChI is InChI=1S/C20H37NO/c1-2-3-4-5-6-7-8-9-10-11-12-16-19-22-20(21)17-14-13-15-18-20/h13-15,17H,2-12,16,18-19,21H2,1H3. The van der Waals surface area contributed by atoms with Crippen LogP contribution >= 0.6 is 0 Å². The Hall–Kier alpha value is -0.600. The molecule has 0 aromatic rings. The number of ether oxygens (including phenoxy) is 1. The number of nitrogens with two attached hydrogens (primary N) is 1. The lowest BCUT2D eigenvalue weighted by Gasteiger charge is -2.26. The summed E-state index contributed by atoms with van der Waals surface area (Å²) in [6, 6.07) is 0. The van der Waals surface area contributed by atoms with E-state index in [1.807, 2.05) is 18.2 Å². The number of hydrogen-bond acceptors (Lipinski definition) is 2. The Bertz CT molecular complexity index is 311. The average Bonchev–Trinajstić information content (AvgIpc) is 2.52. The zero-order chi connectivity index (χ0) is 15.9. The van der Waals surface area contributed by atoms with E-state index in [0.29, 0.717) is 0 Å². The summed E-state index contributed by atoms with van der Waals surface area (Å²) in [4.78, 5) is 0. The van der Waals surface area contributed by atoms with Crippen molar-refractivity contribution in [2.75, 3.05) is 6.61 Å². The van der Waals surface area contributed by atoms with Gasteiger partial charge in [-0.05, 0) is 12.5 Å². The SMILES string of the molecule is CCCCCCCCCCCCCCOC1(N)C=CC=CC1. The minimum Gasteiger partial charge on any atom is -0.357 e. The van der Waals surface area contributed by atoms with Crippen LogP contribution in [0.1, 0.15) is 90.4 Å². The summed E-state index contributed by atoms with van der Waals surface area (Å²) in [5.41, 5.74) is 5.59. The maximum Gasteiger partial charge on any atom is 0.139 e. The van der Waals surface area contributed by atoms with E-state index >= 15 is 0 Å². The predicted octanol–water partition coefficient (Wildman–Crippen LogP) is 5.88. The zero-order valence-corrected chi connectivity index (χ0v) is 14.7. The summed E-state index contributed by atoms with van der Waals surface area (Å²) in [5.74, 6) is 0. The number of unbranched alkanes of at least 4 members (excludes halogenated alkanes) is 11. The van der Waals surface area contributed by atoms with Crippen molar-refractivity contribution >= 4 is 0 Å². The maximum absolute atomic E-state index is 6.14. The highest BCUT2D eigenvalue weighted by molar-refractivity contribution is 5.16. The lowest BCUT2D eigenvalue weighted by atomic mass is 10.0. The van der Waals surface area contributed by atoms with Crippen molar-refractivity contribution in [2.24, 2.45) is 5.73 Å². The first kappa shape index (κ1) is 19.4. The Morgan fingerprint density at radius 3 is 1.86 bits per heavy atom. The van der Waals surface area contributed by atoms with Crippen LogP contribution in [0.2, 0.25) is 0 Å². The molecule has 0 fully saturated rings. The second-order valence-electron chi connectivity index (χ2n) is 6.68. The van der Waals surface area contributed by atoms with Gasteiger partial charge in [-0.2, -0.15) is 0 Å². The molecule has 0 saturated carbocycles. The smallest absolute Gasteiger partial charge is 0.139 e. The largest absolute Gasteiger partial charge is 0.357 e. The summed E-state index contributed by atoms with van der Waals surface area (Å²) < 4.78 is 5.80. The molecule has 22 heavy (non-hydrogen) atoms. The molecule has 0 aliphatic heterocycles. The summed E-state index contributed by atoms with van der Waals surface area (Å²) in [6.07, 6.45) is 25.3. The Balaban J connectivity index is 1.78. The van der Waals surface area contributed by atoms with E-state index < -0.39 is 5.72 Å². The number of hydrogen-bond donors (Lipinski definition) is 1. The van der Waals surface area contributed by atoms with Crippen LogP contribution in [-0.4, -0.2) is 12.3 Å². The molecule has 1 rings (SSSR count). The van der Waals surface area contributed by atoms with Gasteiger partial charge in [0.15, 0.2) is 0 Å². The predicted molar refractivity (Wildman–Crippen MR) is 96.8 cm³/mol. The lowest BCUT2D eigenvalue weighted by molar-refractivity contribution is -0.00440. The quantitative estimate of drug-likeness (QED) is 0.321. The van der Waals surface area contributed by atoms with Gasteiger partial charge < -0.3 is 4.74 Å². The fourth-order valence-electron chi connectivity index (χ4n) is 2.93. The van der Waals surface area contributed by atoms with Crippen LogP contribution in [0.15, 0.2) is 24.3 Å². The van der Waals surface area contributed by atoms with E-state index in [1.165, 1.54) is 70.6 Å². The molecule has 1 aliphatic rings. The molecule has 1 aliphatic carbocycles. The van der Waals surface area contributed by atoms with Crippen molar-refractivity contribution in [1.82, 2.24) is 0 Å². The molecule has 1 atom stereocenters. The lowest BCUT2D eigenvalue weighted by Crippen LogP contribution is -2.41. The minimum atomic E-state index is -0.549. The molecular weight excluding hydrogens is 270 g/mol. The van der Waals surface area contributed by atoms with Crippen molar-refractivity contribution in [3.05, 3.63) is 24.3 Å². The van der Waals surface area contributed by atoms with Gasteiger partial charge in [-0.3, -0.25) is 5.73 Å². The van der Waals surface area contributed by atoms with Gasteiger partial charge in [0, 0.05) is 13.0 Å². The van der Waals surface area contributed by atoms with Crippen LogP contribution in [0.5, 0.6) is 0 Å². The molecule has 0 radical (unpaired) electrons. The van der Waals surface area contributed by atoms with E-state index in [-0.39, 0.29) is 0 Å². The first-order chi connectivity index (χ1) is 10.8. The highest BCUT2D eigenvalue weighted by Crippen LogP contribution is 2.17. The Kier molecular flexibility index (Phi) is 11.4. The normalized spacial score (nSPS) is 20.6. The summed E-state index contributed by atoms with van der Waals surface area (Å²) in [5, 5.41) is 0. The fraction of sp³-hybridized carbons (Fsp3) is 0.800. The third kappa shape index (κ3) is 10.2. The van der Waals surface area contributed by atoms with E-state index in [4.69, 9.17) is 10.5 Å². The monoisotopic (exact) mass is 307 g/mol. The zero-order valence-electron chi connectivity index (χ0n) is 14.7. The third-order valence-electron chi connectivity index (χ3n) is 4.43. The molecule has 0 spiro atoms. The van der Waals surface area contributed by atoms with Crippen molar-refractivity contribution in [2.45, 2.75) is 96.1 Å². The molecule has 128 valence electrons. The first-order valence-corrected chi connectivity index (χ1v) is 9.54. The highest BCUT2D eigenvalue weighted by Gasteiger charge is 2.21. The van der Waals surface area contributed by atoms with E-state index in [2.05, 4.69) is 13.0 Å². The van der Waals surface area contributed by atoms with Gasteiger partial charge in [-0.1, -0.05) is 95.8 Å². The highest BCUT2D eigenvalue weighted by atomic mass is 16.5. The second kappa shape index (κ2) is 12.9. The van der Waals surface area contributed by atoms with Crippen molar-refractivity contribution in [1.29, 1.82) is 0 Å². The maximum atomic E-state index is 6.14. The topological polar surface area (TPSA) is 35.2 Å². The molecule has 1 unspecified atom stereocenters. The van der Waals surface area contributed by atoms with Crippen LogP contribution in [0.4, 0.5) is 0 Å². The molecule has 0 bridgehead atoms. The van der Waals surface area contributed by atoms with Crippen molar-refractivity contribution in [3.8, 4) is 0 Å². The third-order valence-corrected chi connectivity index (χ3v) is 4.43. The Morgan fingerprint density at radius 2 is 1.36 bits per heavy atom. The van der Waals surface area contributed by atoms with Crippen LogP contribution in [0, 0.1) is 0 Å². The Morgan fingerprint density at radius 1 is 0.818 bits per heavy atom. The van der Waals surface area contributed by atoms with Gasteiger partial charge in [0.1, 0.15) is 5.72 Å². The van der Waals surface area contributed by atoms with E-state index in [0.717, 1.165) is 19.4 Å². The number of rotatable bonds is 14. The molecule has 0 aromatic heterocycles. The van der Waals surface area contributed by atoms with Gasteiger partial charge >= 0.3 is 0 Å². The average molecular weight is 308 g/mol. The van der Waals surface area contributed by atoms with Crippen LogP contribution in [0.3, 0.4) is 0 Å². The van der Waals surface area contributed by atoms with Gasteiger partial charge in [-0.15, -0.1) is 0 Å². The van der Waals surface area contributed by atoms with Crippen LogP contribution in [0.25, 0.3) is 0 Å². The fourth-order valence-corrected chi connectivity index (χ4v) is 2.93. The summed E-state index contributed by atoms with van der Waals surface area (Å²) in [6.45, 7) is 3.06.